The summed E-state index contributed by atoms with van der Waals surface area (Å²) in [7, 11) is -0.491. The smallest absolute Gasteiger partial charge is 0.463 e. The summed E-state index contributed by atoms with van der Waals surface area (Å²) in [5.41, 5.74) is -0.0792. The second-order valence-electron chi connectivity index (χ2n) is 14.4. The first-order valence-corrected chi connectivity index (χ1v) is 17.9. The maximum Gasteiger partial charge on any atom is 0.487 e. The summed E-state index contributed by atoms with van der Waals surface area (Å²) in [6.45, 7) is 18.5. The van der Waals surface area contributed by atoms with Crippen molar-refractivity contribution in [1.29, 1.82) is 0 Å². The molecule has 0 amide bonds. The van der Waals surface area contributed by atoms with Crippen molar-refractivity contribution in [3.8, 4) is 0 Å². The van der Waals surface area contributed by atoms with Crippen molar-refractivity contribution >= 4 is 52.7 Å². The fraction of sp³-hybridized carbons (Fsp3) is 0.588. The van der Waals surface area contributed by atoms with Gasteiger partial charge in [0.05, 0.1) is 67.4 Å². The molecule has 5 saturated heterocycles. The zero-order chi connectivity index (χ0) is 37.7. The molecule has 2 spiro atoms. The number of ether oxygens (including phenoxy) is 4. The molecule has 18 heteroatoms. The van der Waals surface area contributed by atoms with Crippen molar-refractivity contribution in [2.75, 3.05) is 75.6 Å². The van der Waals surface area contributed by atoms with Crippen LogP contribution in [0.25, 0.3) is 6.08 Å². The van der Waals surface area contributed by atoms with Crippen LogP contribution >= 0.6 is 15.9 Å². The third kappa shape index (κ3) is 9.20. The molecule has 7 heterocycles. The van der Waals surface area contributed by atoms with Crippen LogP contribution in [0, 0.1) is 10.8 Å². The zero-order valence-corrected chi connectivity index (χ0v) is 31.9. The van der Waals surface area contributed by atoms with Gasteiger partial charge in [0.25, 0.3) is 11.1 Å². The molecule has 5 aliphatic rings. The average molecular weight is 789 g/mol. The Morgan fingerprint density at radius 2 is 1.27 bits per heavy atom. The lowest BCUT2D eigenvalue weighted by molar-refractivity contribution is -0.138. The normalized spacial score (nSPS) is 21.2. The van der Waals surface area contributed by atoms with Gasteiger partial charge >= 0.3 is 19.1 Å². The van der Waals surface area contributed by atoms with Gasteiger partial charge in [-0.25, -0.2) is 19.6 Å². The van der Waals surface area contributed by atoms with Crippen LogP contribution in [-0.4, -0.2) is 116 Å². The van der Waals surface area contributed by atoms with E-state index in [1.807, 2.05) is 37.5 Å². The molecule has 0 atom stereocenters. The van der Waals surface area contributed by atoms with Crippen molar-refractivity contribution in [3.05, 3.63) is 61.5 Å². The molecule has 0 bridgehead atoms. The summed E-state index contributed by atoms with van der Waals surface area (Å²) in [5, 5.41) is 0. The van der Waals surface area contributed by atoms with Crippen molar-refractivity contribution in [2.24, 2.45) is 10.8 Å². The van der Waals surface area contributed by atoms with Gasteiger partial charge in [0.2, 0.25) is 0 Å². The number of nitrogens with zero attached hydrogens (tertiary/aromatic N) is 4. The topological polar surface area (TPSA) is 187 Å². The zero-order valence-electron chi connectivity index (χ0n) is 30.4. The first-order valence-electron chi connectivity index (χ1n) is 17.1. The average Bonchev–Trinajstić information content (AvgIpc) is 3.21. The minimum Gasteiger partial charge on any atom is -0.463 e. The molecule has 2 N–H and O–H groups in total. The van der Waals surface area contributed by atoms with E-state index in [9.17, 15) is 19.2 Å². The molecule has 2 aromatic rings. The molecule has 52 heavy (non-hydrogen) atoms. The van der Waals surface area contributed by atoms with E-state index in [1.54, 1.807) is 26.0 Å². The lowest BCUT2D eigenvalue weighted by atomic mass is 9.78. The summed E-state index contributed by atoms with van der Waals surface area (Å²) in [6, 6.07) is 0. The van der Waals surface area contributed by atoms with E-state index < -0.39 is 13.1 Å². The number of rotatable bonds is 8. The van der Waals surface area contributed by atoms with Gasteiger partial charge in [-0.05, 0) is 69.5 Å². The van der Waals surface area contributed by atoms with Crippen LogP contribution in [0.1, 0.15) is 47.2 Å². The Bertz CT molecular complexity index is 1760. The molecule has 0 radical (unpaired) electrons. The molecule has 0 saturated carbocycles. The minimum atomic E-state index is -0.491. The number of esters is 2. The van der Waals surface area contributed by atoms with Crippen LogP contribution in [0.2, 0.25) is 0 Å². The number of carbonyl (C=O) groups is 2. The van der Waals surface area contributed by atoms with Crippen LogP contribution < -0.4 is 20.9 Å². The number of nitrogens with one attached hydrogen (secondary N) is 2. The fourth-order valence-corrected chi connectivity index (χ4v) is 6.21. The Labute approximate surface area is 310 Å². The second kappa shape index (κ2) is 16.0. The van der Waals surface area contributed by atoms with Gasteiger partial charge < -0.3 is 48.0 Å². The van der Waals surface area contributed by atoms with Gasteiger partial charge in [-0.15, -0.1) is 0 Å². The molecular formula is C34H46BBrN6O10. The van der Waals surface area contributed by atoms with Crippen LogP contribution in [0.3, 0.4) is 0 Å². The Morgan fingerprint density at radius 1 is 0.808 bits per heavy atom. The van der Waals surface area contributed by atoms with Crippen LogP contribution in [0.4, 0.5) is 11.6 Å². The van der Waals surface area contributed by atoms with E-state index in [-0.39, 0.29) is 33.7 Å². The molecule has 2 aromatic heterocycles. The first kappa shape index (κ1) is 39.4. The van der Waals surface area contributed by atoms with E-state index in [2.05, 4.69) is 35.9 Å². The number of anilines is 2. The first-order chi connectivity index (χ1) is 24.6. The van der Waals surface area contributed by atoms with E-state index in [0.29, 0.717) is 40.6 Å². The lowest BCUT2D eigenvalue weighted by Crippen LogP contribution is -2.67. The number of hydrogen-bond donors (Lipinski definition) is 2. The number of H-pyrrole nitrogens is 2. The molecule has 0 aromatic carbocycles. The summed E-state index contributed by atoms with van der Waals surface area (Å²) in [6.07, 6.45) is 7.19. The maximum atomic E-state index is 11.9. The van der Waals surface area contributed by atoms with Gasteiger partial charge in [-0.1, -0.05) is 0 Å². The molecule has 5 aliphatic heterocycles. The van der Waals surface area contributed by atoms with Crippen LogP contribution in [0.15, 0.2) is 44.7 Å². The van der Waals surface area contributed by atoms with Crippen LogP contribution in [0.5, 0.6) is 0 Å². The van der Waals surface area contributed by atoms with Crippen molar-refractivity contribution < 1.29 is 37.8 Å². The molecular weight excluding hydrogens is 743 g/mol. The number of aromatic amines is 2. The summed E-state index contributed by atoms with van der Waals surface area (Å²) in [4.78, 5) is 63.4. The highest BCUT2D eigenvalue weighted by molar-refractivity contribution is 9.10. The Morgan fingerprint density at radius 3 is 1.73 bits per heavy atom. The minimum absolute atomic E-state index is 0.131. The molecule has 282 valence electrons. The Hall–Kier alpha value is -3.84. The predicted octanol–water partition coefficient (Wildman–Crippen LogP) is 2.29. The fourth-order valence-electron chi connectivity index (χ4n) is 5.93. The number of hydrogen-bond acceptors (Lipinski definition) is 14. The molecule has 7 rings (SSSR count). The second-order valence-corrected chi connectivity index (χ2v) is 15.2. The van der Waals surface area contributed by atoms with Crippen molar-refractivity contribution in [2.45, 2.75) is 52.7 Å². The number of carbonyl (C=O) groups excluding carboxylic acids is 2. The third-order valence-corrected chi connectivity index (χ3v) is 9.90. The largest absolute Gasteiger partial charge is 0.487 e. The standard InChI is InChI=1S/C14H17N3O4.C11H19BO4.C9H10BrN3O2/c1-2-21-11(18)4-3-10-5-15-13(19)12(16-10)17-6-14(7-17)8-20-9-14;1-6-14-9(13)7-8-12-15-10(2,3)11(4,5)16-12;10-6-1-11-8(14)7(12-6)13-2-9(3-13)4-15-5-9/h3-5H,2,6-9H2,1H3,(H,15,19);7-8H,6H2,1-5H3;1H,2-5H2,(H,11,14)/b4-3+;8-7+;. The van der Waals surface area contributed by atoms with Crippen molar-refractivity contribution in [1.82, 2.24) is 19.9 Å². The maximum absolute atomic E-state index is 11.9. The molecule has 0 aliphatic carbocycles. The van der Waals surface area contributed by atoms with Crippen LogP contribution in [-0.2, 0) is 37.8 Å². The highest BCUT2D eigenvalue weighted by Crippen LogP contribution is 2.40. The monoisotopic (exact) mass is 788 g/mol. The number of aromatic nitrogens is 4. The van der Waals surface area contributed by atoms with Gasteiger partial charge in [0.1, 0.15) is 4.60 Å². The lowest BCUT2D eigenvalue weighted by Gasteiger charge is -2.55. The van der Waals surface area contributed by atoms with Crippen molar-refractivity contribution in [3.63, 3.8) is 0 Å². The van der Waals surface area contributed by atoms with E-state index in [0.717, 1.165) is 52.6 Å². The highest BCUT2D eigenvalue weighted by Gasteiger charge is 2.51. The highest BCUT2D eigenvalue weighted by atomic mass is 79.9. The predicted molar refractivity (Wildman–Crippen MR) is 196 cm³/mol. The molecule has 0 unspecified atom stereocenters. The number of halogens is 1. The van der Waals surface area contributed by atoms with E-state index in [4.69, 9.17) is 28.3 Å². The molecule has 5 fully saturated rings. The summed E-state index contributed by atoms with van der Waals surface area (Å²) >= 11 is 3.24. The SMILES string of the molecule is CCOC(=O)/C=C/B1OC(C)(C)C(C)(C)O1.CCOC(=O)/C=C/c1c[nH]c(=O)c(N2CC3(COC3)C2)n1.O=c1[nH]cc(Br)nc1N1CC2(COC2)C1. The van der Waals surface area contributed by atoms with Gasteiger partial charge in [0, 0.05) is 50.7 Å². The van der Waals surface area contributed by atoms with E-state index in [1.165, 1.54) is 24.4 Å². The summed E-state index contributed by atoms with van der Waals surface area (Å²) < 4.78 is 32.0. The Kier molecular flexibility index (Phi) is 12.1. The quantitative estimate of drug-likeness (QED) is 0.225. The third-order valence-electron chi connectivity index (χ3n) is 9.49. The molecule has 16 nitrogen and oxygen atoms in total. The summed E-state index contributed by atoms with van der Waals surface area (Å²) in [5.74, 6) is 1.66. The van der Waals surface area contributed by atoms with Gasteiger partial charge in [0.15, 0.2) is 11.6 Å². The Balaban J connectivity index is 0.000000154. The van der Waals surface area contributed by atoms with Gasteiger partial charge in [-0.2, -0.15) is 0 Å². The van der Waals surface area contributed by atoms with Gasteiger partial charge in [-0.3, -0.25) is 9.59 Å². The van der Waals surface area contributed by atoms with E-state index >= 15 is 0 Å².